The number of carbonyl (C=O) groups excluding carboxylic acids is 1. The van der Waals surface area contributed by atoms with Crippen molar-refractivity contribution in [3.8, 4) is 0 Å². The summed E-state index contributed by atoms with van der Waals surface area (Å²) in [4.78, 5) is 14.3. The van der Waals surface area contributed by atoms with E-state index in [0.29, 0.717) is 11.7 Å². The smallest absolute Gasteiger partial charge is 0.152 e. The fourth-order valence-electron chi connectivity index (χ4n) is 3.36. The lowest BCUT2D eigenvalue weighted by Crippen LogP contribution is -2.46. The van der Waals surface area contributed by atoms with Crippen LogP contribution in [0.25, 0.3) is 0 Å². The highest BCUT2D eigenvalue weighted by Crippen LogP contribution is 2.49. The molecule has 0 amide bonds. The molecule has 2 fully saturated rings. The van der Waals surface area contributed by atoms with Gasteiger partial charge in [0, 0.05) is 6.42 Å². The third-order valence-electron chi connectivity index (χ3n) is 5.13. The summed E-state index contributed by atoms with van der Waals surface area (Å²) in [6.07, 6.45) is 6.34. The second-order valence-corrected chi connectivity index (χ2v) is 6.52. The van der Waals surface area contributed by atoms with Gasteiger partial charge < -0.3 is 0 Å². The van der Waals surface area contributed by atoms with Gasteiger partial charge in [-0.1, -0.05) is 6.42 Å². The average molecular weight is 223 g/mol. The molecule has 2 nitrogen and oxygen atoms in total. The van der Waals surface area contributed by atoms with E-state index in [0.717, 1.165) is 18.3 Å². The lowest BCUT2D eigenvalue weighted by atomic mass is 9.81. The number of likely N-dealkylation sites (N-methyl/N-ethyl adjacent to an activating group) is 1. The molecule has 92 valence electrons. The summed E-state index contributed by atoms with van der Waals surface area (Å²) in [5.41, 5.74) is -0.290. The van der Waals surface area contributed by atoms with Gasteiger partial charge in [-0.15, -0.1) is 0 Å². The predicted molar refractivity (Wildman–Crippen MR) is 66.3 cm³/mol. The SMILES string of the molecule is CN(C)C(C)(C)C(=O)CC1CC2CCC1C2. The Kier molecular flexibility index (Phi) is 3.13. The van der Waals surface area contributed by atoms with E-state index in [1.165, 1.54) is 25.7 Å². The number of ketones is 1. The van der Waals surface area contributed by atoms with Crippen LogP contribution in [0.2, 0.25) is 0 Å². The molecule has 2 heteroatoms. The molecule has 2 rings (SSSR count). The van der Waals surface area contributed by atoms with Gasteiger partial charge in [-0.2, -0.15) is 0 Å². The first kappa shape index (κ1) is 12.1. The highest BCUT2D eigenvalue weighted by atomic mass is 16.1. The van der Waals surface area contributed by atoms with Crippen LogP contribution in [0.3, 0.4) is 0 Å². The van der Waals surface area contributed by atoms with Crippen molar-refractivity contribution in [3.05, 3.63) is 0 Å². The molecule has 0 N–H and O–H groups in total. The Balaban J connectivity index is 1.93. The summed E-state index contributed by atoms with van der Waals surface area (Å²) in [7, 11) is 4.00. The maximum atomic E-state index is 12.3. The van der Waals surface area contributed by atoms with E-state index in [9.17, 15) is 4.79 Å². The minimum Gasteiger partial charge on any atom is -0.298 e. The Hall–Kier alpha value is -0.370. The average Bonchev–Trinajstić information content (AvgIpc) is 2.78. The first-order valence-corrected chi connectivity index (χ1v) is 6.62. The van der Waals surface area contributed by atoms with Crippen LogP contribution in [0.5, 0.6) is 0 Å². The zero-order chi connectivity index (χ0) is 11.9. The molecule has 0 aromatic heterocycles. The van der Waals surface area contributed by atoms with Gasteiger partial charge in [0.15, 0.2) is 5.78 Å². The highest BCUT2D eigenvalue weighted by Gasteiger charge is 2.42. The molecular formula is C14H25NO. The number of hydrogen-bond acceptors (Lipinski definition) is 2. The molecule has 0 aromatic carbocycles. The van der Waals surface area contributed by atoms with E-state index in [1.54, 1.807) is 0 Å². The summed E-state index contributed by atoms with van der Waals surface area (Å²) in [6, 6.07) is 0. The second-order valence-electron chi connectivity index (χ2n) is 6.52. The molecule has 2 saturated carbocycles. The van der Waals surface area contributed by atoms with Gasteiger partial charge in [0.25, 0.3) is 0 Å². The van der Waals surface area contributed by atoms with Gasteiger partial charge in [-0.3, -0.25) is 9.69 Å². The van der Waals surface area contributed by atoms with E-state index < -0.39 is 0 Å². The number of nitrogens with zero attached hydrogens (tertiary/aromatic N) is 1. The van der Waals surface area contributed by atoms with Crippen molar-refractivity contribution < 1.29 is 4.79 Å². The summed E-state index contributed by atoms with van der Waals surface area (Å²) in [5, 5.41) is 0. The molecule has 2 bridgehead atoms. The molecule has 16 heavy (non-hydrogen) atoms. The van der Waals surface area contributed by atoms with Gasteiger partial charge in [-0.05, 0) is 65.0 Å². The maximum Gasteiger partial charge on any atom is 0.152 e. The van der Waals surface area contributed by atoms with Crippen molar-refractivity contribution in [1.82, 2.24) is 4.90 Å². The predicted octanol–water partition coefficient (Wildman–Crippen LogP) is 2.72. The van der Waals surface area contributed by atoms with Gasteiger partial charge >= 0.3 is 0 Å². The zero-order valence-corrected chi connectivity index (χ0v) is 11.1. The number of Topliss-reactive ketones (excluding diaryl/α,β-unsaturated/α-hetero) is 1. The van der Waals surface area contributed by atoms with E-state index in [2.05, 4.69) is 0 Å². The van der Waals surface area contributed by atoms with Crippen molar-refractivity contribution in [2.75, 3.05) is 14.1 Å². The van der Waals surface area contributed by atoms with Crippen molar-refractivity contribution in [2.45, 2.75) is 51.5 Å². The number of hydrogen-bond donors (Lipinski definition) is 0. The molecule has 3 atom stereocenters. The molecule has 0 heterocycles. The largest absolute Gasteiger partial charge is 0.298 e. The number of carbonyl (C=O) groups is 1. The van der Waals surface area contributed by atoms with Crippen LogP contribution >= 0.6 is 0 Å². The van der Waals surface area contributed by atoms with Gasteiger partial charge in [0.1, 0.15) is 0 Å². The topological polar surface area (TPSA) is 20.3 Å². The Morgan fingerprint density at radius 2 is 1.94 bits per heavy atom. The lowest BCUT2D eigenvalue weighted by Gasteiger charge is -2.33. The van der Waals surface area contributed by atoms with E-state index in [-0.39, 0.29) is 5.54 Å². The van der Waals surface area contributed by atoms with E-state index in [1.807, 2.05) is 32.8 Å². The maximum absolute atomic E-state index is 12.3. The fourth-order valence-corrected chi connectivity index (χ4v) is 3.36. The number of fused-ring (bicyclic) bond motifs is 2. The Morgan fingerprint density at radius 1 is 1.25 bits per heavy atom. The van der Waals surface area contributed by atoms with Crippen LogP contribution < -0.4 is 0 Å². The normalized spacial score (nSPS) is 33.7. The van der Waals surface area contributed by atoms with Crippen LogP contribution in [0, 0.1) is 17.8 Å². The Labute approximate surface area is 99.4 Å². The van der Waals surface area contributed by atoms with Crippen LogP contribution in [0.4, 0.5) is 0 Å². The third-order valence-corrected chi connectivity index (χ3v) is 5.13. The molecule has 0 saturated heterocycles. The highest BCUT2D eigenvalue weighted by molar-refractivity contribution is 5.87. The third kappa shape index (κ3) is 2.04. The molecule has 2 aliphatic rings. The lowest BCUT2D eigenvalue weighted by molar-refractivity contribution is -0.129. The molecular weight excluding hydrogens is 198 g/mol. The Morgan fingerprint density at radius 3 is 2.38 bits per heavy atom. The Bertz CT molecular complexity index is 282. The summed E-state index contributed by atoms with van der Waals surface area (Å²) in [5.74, 6) is 2.94. The van der Waals surface area contributed by atoms with Crippen molar-refractivity contribution in [1.29, 1.82) is 0 Å². The number of rotatable bonds is 4. The van der Waals surface area contributed by atoms with E-state index in [4.69, 9.17) is 0 Å². The van der Waals surface area contributed by atoms with Crippen molar-refractivity contribution >= 4 is 5.78 Å². The molecule has 0 aromatic rings. The zero-order valence-electron chi connectivity index (χ0n) is 11.1. The minimum absolute atomic E-state index is 0.290. The monoisotopic (exact) mass is 223 g/mol. The van der Waals surface area contributed by atoms with Crippen LogP contribution in [0.1, 0.15) is 46.0 Å². The fraction of sp³-hybridized carbons (Fsp3) is 0.929. The first-order chi connectivity index (χ1) is 7.41. The van der Waals surface area contributed by atoms with E-state index >= 15 is 0 Å². The van der Waals surface area contributed by atoms with Crippen molar-refractivity contribution in [3.63, 3.8) is 0 Å². The van der Waals surface area contributed by atoms with Crippen LogP contribution in [0.15, 0.2) is 0 Å². The second kappa shape index (κ2) is 4.14. The summed E-state index contributed by atoms with van der Waals surface area (Å²) in [6.45, 7) is 4.09. The molecule has 0 aliphatic heterocycles. The molecule has 3 unspecified atom stereocenters. The standard InChI is InChI=1S/C14H25NO/c1-14(2,15(3)4)13(16)9-12-8-10-5-6-11(12)7-10/h10-12H,5-9H2,1-4H3. The van der Waals surface area contributed by atoms with Crippen molar-refractivity contribution in [2.24, 2.45) is 17.8 Å². The molecule has 0 spiro atoms. The molecule has 2 aliphatic carbocycles. The van der Waals surface area contributed by atoms with Gasteiger partial charge in [-0.25, -0.2) is 0 Å². The van der Waals surface area contributed by atoms with Gasteiger partial charge in [0.2, 0.25) is 0 Å². The van der Waals surface area contributed by atoms with Crippen LogP contribution in [-0.4, -0.2) is 30.3 Å². The summed E-state index contributed by atoms with van der Waals surface area (Å²) < 4.78 is 0. The first-order valence-electron chi connectivity index (χ1n) is 6.62. The van der Waals surface area contributed by atoms with Gasteiger partial charge in [0.05, 0.1) is 5.54 Å². The molecule has 0 radical (unpaired) electrons. The summed E-state index contributed by atoms with van der Waals surface area (Å²) >= 11 is 0. The minimum atomic E-state index is -0.290. The van der Waals surface area contributed by atoms with Crippen LogP contribution in [-0.2, 0) is 4.79 Å². The quantitative estimate of drug-likeness (QED) is 0.730.